The van der Waals surface area contributed by atoms with Crippen molar-refractivity contribution in [3.63, 3.8) is 0 Å². The van der Waals surface area contributed by atoms with E-state index in [1.165, 1.54) is 11.0 Å². The minimum absolute atomic E-state index is 0.123. The van der Waals surface area contributed by atoms with E-state index in [1.807, 2.05) is 0 Å². The molecule has 0 saturated carbocycles. The number of likely N-dealkylation sites (tertiary alicyclic amines) is 1. The first kappa shape index (κ1) is 16.6. The molecule has 1 aliphatic heterocycles. The summed E-state index contributed by atoms with van der Waals surface area (Å²) in [5, 5.41) is 0. The van der Waals surface area contributed by atoms with Gasteiger partial charge in [-0.25, -0.2) is 0 Å². The van der Waals surface area contributed by atoms with Crippen LogP contribution < -0.4 is 0 Å². The summed E-state index contributed by atoms with van der Waals surface area (Å²) in [6.45, 7) is 0.246. The highest BCUT2D eigenvalue weighted by molar-refractivity contribution is 5.77. The Morgan fingerprint density at radius 3 is 2.41 bits per heavy atom. The molecule has 1 fully saturated rings. The number of nitrogens with zero attached hydrogens (tertiary/aromatic N) is 2. The molecule has 22 heavy (non-hydrogen) atoms. The number of hydrogen-bond acceptors (Lipinski definition) is 2. The maximum atomic E-state index is 12.5. The van der Waals surface area contributed by atoms with Crippen LogP contribution in [0.25, 0.3) is 0 Å². The Balaban J connectivity index is 1.90. The van der Waals surface area contributed by atoms with Gasteiger partial charge in [0.2, 0.25) is 5.91 Å². The lowest BCUT2D eigenvalue weighted by Gasteiger charge is -2.39. The summed E-state index contributed by atoms with van der Waals surface area (Å²) in [5.74, 6) is -0.947. The molecule has 0 spiro atoms. The van der Waals surface area contributed by atoms with Gasteiger partial charge in [-0.15, -0.1) is 0 Å². The number of alkyl halides is 6. The zero-order valence-electron chi connectivity index (χ0n) is 11.2. The van der Waals surface area contributed by atoms with Crippen LogP contribution in [0.3, 0.4) is 0 Å². The maximum absolute atomic E-state index is 12.5. The highest BCUT2D eigenvalue weighted by Gasteiger charge is 2.37. The molecule has 0 radical (unpaired) electrons. The maximum Gasteiger partial charge on any atom is 0.433 e. The summed E-state index contributed by atoms with van der Waals surface area (Å²) >= 11 is 0. The molecule has 0 N–H and O–H groups in total. The molecule has 1 aromatic rings. The van der Waals surface area contributed by atoms with Crippen LogP contribution in [0.2, 0.25) is 0 Å². The highest BCUT2D eigenvalue weighted by Crippen LogP contribution is 2.33. The summed E-state index contributed by atoms with van der Waals surface area (Å²) in [7, 11) is 0. The number of carbonyl (C=O) groups excluding carboxylic acids is 1. The molecule has 2 rings (SSSR count). The highest BCUT2D eigenvalue weighted by atomic mass is 19.4. The largest absolute Gasteiger partial charge is 0.433 e. The van der Waals surface area contributed by atoms with Gasteiger partial charge in [0, 0.05) is 31.6 Å². The van der Waals surface area contributed by atoms with Gasteiger partial charge >= 0.3 is 12.4 Å². The fourth-order valence-corrected chi connectivity index (χ4v) is 2.16. The van der Waals surface area contributed by atoms with E-state index in [2.05, 4.69) is 4.98 Å². The minimum Gasteiger partial charge on any atom is -0.341 e. The van der Waals surface area contributed by atoms with E-state index in [9.17, 15) is 31.1 Å². The number of aromatic nitrogens is 1. The smallest absolute Gasteiger partial charge is 0.341 e. The van der Waals surface area contributed by atoms with Crippen molar-refractivity contribution >= 4 is 5.91 Å². The average molecular weight is 326 g/mol. The van der Waals surface area contributed by atoms with E-state index in [1.54, 1.807) is 0 Å². The lowest BCUT2D eigenvalue weighted by Crippen LogP contribution is -2.48. The molecule has 9 heteroatoms. The molecule has 1 amide bonds. The van der Waals surface area contributed by atoms with Crippen molar-refractivity contribution in [2.24, 2.45) is 0 Å². The van der Waals surface area contributed by atoms with Gasteiger partial charge in [0.25, 0.3) is 0 Å². The number of rotatable bonds is 3. The molecule has 0 atom stereocenters. The van der Waals surface area contributed by atoms with Crippen molar-refractivity contribution in [1.82, 2.24) is 9.88 Å². The van der Waals surface area contributed by atoms with Gasteiger partial charge in [-0.3, -0.25) is 9.78 Å². The van der Waals surface area contributed by atoms with Crippen LogP contribution in [-0.2, 0) is 11.0 Å². The number of hydrogen-bond donors (Lipinski definition) is 0. The number of halogens is 6. The third-order valence-corrected chi connectivity index (χ3v) is 3.40. The molecule has 1 saturated heterocycles. The molecule has 2 heterocycles. The van der Waals surface area contributed by atoms with Crippen molar-refractivity contribution < 1.29 is 31.1 Å². The molecule has 0 unspecified atom stereocenters. The Morgan fingerprint density at radius 2 is 1.86 bits per heavy atom. The van der Waals surface area contributed by atoms with E-state index in [4.69, 9.17) is 0 Å². The number of amides is 1. The molecule has 0 aliphatic carbocycles. The van der Waals surface area contributed by atoms with E-state index in [0.717, 1.165) is 12.3 Å². The van der Waals surface area contributed by atoms with Crippen LogP contribution in [0.4, 0.5) is 26.3 Å². The first-order valence-electron chi connectivity index (χ1n) is 6.44. The summed E-state index contributed by atoms with van der Waals surface area (Å²) in [4.78, 5) is 16.0. The first-order valence-corrected chi connectivity index (χ1v) is 6.44. The second-order valence-electron chi connectivity index (χ2n) is 5.08. The van der Waals surface area contributed by atoms with Crippen LogP contribution in [0.15, 0.2) is 18.3 Å². The van der Waals surface area contributed by atoms with E-state index < -0.39 is 36.8 Å². The lowest BCUT2D eigenvalue weighted by atomic mass is 9.91. The monoisotopic (exact) mass is 326 g/mol. The van der Waals surface area contributed by atoms with Crippen molar-refractivity contribution in [2.45, 2.75) is 31.1 Å². The third-order valence-electron chi connectivity index (χ3n) is 3.40. The van der Waals surface area contributed by atoms with Crippen LogP contribution in [0.5, 0.6) is 0 Å². The van der Waals surface area contributed by atoms with Crippen molar-refractivity contribution in [2.75, 3.05) is 13.1 Å². The Bertz CT molecular complexity index is 548. The fraction of sp³-hybridized carbons (Fsp3) is 0.538. The van der Waals surface area contributed by atoms with Crippen LogP contribution in [-0.4, -0.2) is 35.1 Å². The van der Waals surface area contributed by atoms with Gasteiger partial charge in [0.1, 0.15) is 5.69 Å². The Kier molecular flexibility index (Phi) is 4.35. The molecule has 1 aliphatic rings. The zero-order valence-corrected chi connectivity index (χ0v) is 11.2. The van der Waals surface area contributed by atoms with Crippen LogP contribution in [0.1, 0.15) is 30.0 Å². The molecular formula is C13H12F6N2O. The standard InChI is InChI=1S/C13H12F6N2O/c14-12(15,16)3-1-11(22)21-6-9(7-21)8-2-4-20-10(5-8)13(17,18)19/h2,4-5,9H,1,3,6-7H2. The molecular weight excluding hydrogens is 314 g/mol. The summed E-state index contributed by atoms with van der Waals surface area (Å²) in [6, 6.07) is 2.32. The first-order chi connectivity index (χ1) is 10.1. The van der Waals surface area contributed by atoms with Crippen molar-refractivity contribution in [1.29, 1.82) is 0 Å². The fourth-order valence-electron chi connectivity index (χ4n) is 2.16. The summed E-state index contributed by atoms with van der Waals surface area (Å²) in [6.07, 6.45) is -9.75. The van der Waals surface area contributed by atoms with Gasteiger partial charge in [-0.2, -0.15) is 26.3 Å². The van der Waals surface area contributed by atoms with Gasteiger partial charge in [-0.1, -0.05) is 0 Å². The quantitative estimate of drug-likeness (QED) is 0.798. The molecule has 122 valence electrons. The van der Waals surface area contributed by atoms with Gasteiger partial charge in [0.05, 0.1) is 6.42 Å². The van der Waals surface area contributed by atoms with Gasteiger partial charge in [0.15, 0.2) is 0 Å². The number of pyridine rings is 1. The zero-order chi connectivity index (χ0) is 16.5. The Hall–Kier alpha value is -1.80. The van der Waals surface area contributed by atoms with Crippen molar-refractivity contribution in [3.05, 3.63) is 29.6 Å². The van der Waals surface area contributed by atoms with E-state index in [0.29, 0.717) is 5.56 Å². The van der Waals surface area contributed by atoms with Crippen LogP contribution in [0, 0.1) is 0 Å². The molecule has 3 nitrogen and oxygen atoms in total. The number of carbonyl (C=O) groups is 1. The Morgan fingerprint density at radius 1 is 1.23 bits per heavy atom. The molecule has 0 bridgehead atoms. The SMILES string of the molecule is O=C(CCC(F)(F)F)N1CC(c2ccnc(C(F)(F)F)c2)C1. The second-order valence-corrected chi connectivity index (χ2v) is 5.08. The second kappa shape index (κ2) is 5.77. The van der Waals surface area contributed by atoms with Crippen molar-refractivity contribution in [3.8, 4) is 0 Å². The Labute approximate surface area is 121 Å². The average Bonchev–Trinajstić information content (AvgIpc) is 2.33. The predicted octanol–water partition coefficient (Wildman–Crippen LogP) is 3.37. The summed E-state index contributed by atoms with van der Waals surface area (Å²) < 4.78 is 73.7. The topological polar surface area (TPSA) is 33.2 Å². The normalized spacial score (nSPS) is 16.5. The van der Waals surface area contributed by atoms with Gasteiger partial charge in [-0.05, 0) is 17.7 Å². The van der Waals surface area contributed by atoms with E-state index in [-0.39, 0.29) is 19.0 Å². The molecule has 0 aromatic carbocycles. The lowest BCUT2D eigenvalue weighted by molar-refractivity contribution is -0.151. The minimum atomic E-state index is -4.55. The van der Waals surface area contributed by atoms with E-state index >= 15 is 0 Å². The van der Waals surface area contributed by atoms with Crippen LogP contribution >= 0.6 is 0 Å². The third kappa shape index (κ3) is 4.11. The molecule has 1 aromatic heterocycles. The summed E-state index contributed by atoms with van der Waals surface area (Å²) in [5.41, 5.74) is -0.644. The van der Waals surface area contributed by atoms with Gasteiger partial charge < -0.3 is 4.90 Å². The predicted molar refractivity (Wildman–Crippen MR) is 63.8 cm³/mol.